The van der Waals surface area contributed by atoms with E-state index < -0.39 is 11.5 Å². The van der Waals surface area contributed by atoms with Crippen molar-refractivity contribution in [3.05, 3.63) is 35.5 Å². The number of hydrogen-bond donors (Lipinski definition) is 2. The van der Waals surface area contributed by atoms with Crippen molar-refractivity contribution in [3.8, 4) is 0 Å². The lowest BCUT2D eigenvalue weighted by atomic mass is 9.88. The monoisotopic (exact) mass is 383 g/mol. The second kappa shape index (κ2) is 7.58. The van der Waals surface area contributed by atoms with E-state index >= 15 is 0 Å². The number of aromatic nitrogens is 1. The molecule has 1 aromatic carbocycles. The molecule has 1 atom stereocenters. The molecular weight excluding hydrogens is 358 g/mol. The Balaban J connectivity index is 1.89. The number of benzene rings is 1. The number of piperidine rings is 1. The van der Waals surface area contributed by atoms with Crippen LogP contribution < -0.4 is 10.6 Å². The minimum absolute atomic E-state index is 0.0258. The summed E-state index contributed by atoms with van der Waals surface area (Å²) in [6, 6.07) is 7.53. The van der Waals surface area contributed by atoms with Crippen molar-refractivity contribution in [3.63, 3.8) is 0 Å². The number of esters is 1. The van der Waals surface area contributed by atoms with E-state index in [9.17, 15) is 14.4 Å². The van der Waals surface area contributed by atoms with Gasteiger partial charge in [0.25, 0.3) is 0 Å². The molecule has 1 unspecified atom stereocenters. The summed E-state index contributed by atoms with van der Waals surface area (Å²) in [6.45, 7) is 7.35. The standard InChI is InChI=1S/C21H25N3O4/c1-12-14(13-8-9-18(25)24-20(13)27)10-15-16(6-5-7-17(15)23-12)22-11-19(26)28-21(2,3)4/h5-7,10,13,22H,8-9,11H2,1-4H3,(H,24,25,27). The highest BCUT2D eigenvalue weighted by Gasteiger charge is 2.29. The minimum atomic E-state index is -0.546. The van der Waals surface area contributed by atoms with Crippen LogP contribution in [0.5, 0.6) is 0 Å². The topological polar surface area (TPSA) is 97.4 Å². The number of nitrogens with one attached hydrogen (secondary N) is 2. The molecule has 1 saturated heterocycles. The number of nitrogens with zero attached hydrogens (tertiary/aromatic N) is 1. The smallest absolute Gasteiger partial charge is 0.325 e. The van der Waals surface area contributed by atoms with Crippen molar-refractivity contribution in [2.24, 2.45) is 0 Å². The van der Waals surface area contributed by atoms with Crippen LogP contribution in [0.25, 0.3) is 10.9 Å². The normalized spacial score (nSPS) is 17.4. The lowest BCUT2D eigenvalue weighted by molar-refractivity contribution is -0.152. The van der Waals surface area contributed by atoms with Gasteiger partial charge >= 0.3 is 5.97 Å². The van der Waals surface area contributed by atoms with Gasteiger partial charge in [-0.3, -0.25) is 24.7 Å². The Morgan fingerprint density at radius 2 is 2.07 bits per heavy atom. The SMILES string of the molecule is Cc1nc2cccc(NCC(=O)OC(C)(C)C)c2cc1C1CCC(=O)NC1=O. The molecule has 0 aliphatic carbocycles. The maximum Gasteiger partial charge on any atom is 0.325 e. The fraction of sp³-hybridized carbons (Fsp3) is 0.429. The van der Waals surface area contributed by atoms with E-state index in [4.69, 9.17) is 4.74 Å². The summed E-state index contributed by atoms with van der Waals surface area (Å²) in [5.74, 6) is -1.30. The number of pyridine rings is 1. The Kier molecular flexibility index (Phi) is 5.36. The van der Waals surface area contributed by atoms with Crippen LogP contribution in [-0.2, 0) is 19.1 Å². The Hall–Kier alpha value is -2.96. The largest absolute Gasteiger partial charge is 0.459 e. The van der Waals surface area contributed by atoms with E-state index in [1.165, 1.54) is 0 Å². The van der Waals surface area contributed by atoms with E-state index in [0.29, 0.717) is 12.8 Å². The molecule has 7 nitrogen and oxygen atoms in total. The molecule has 7 heteroatoms. The fourth-order valence-corrected chi connectivity index (χ4v) is 3.35. The molecule has 28 heavy (non-hydrogen) atoms. The molecule has 0 saturated carbocycles. The average Bonchev–Trinajstić information content (AvgIpc) is 2.58. The third-order valence-corrected chi connectivity index (χ3v) is 4.55. The van der Waals surface area contributed by atoms with Gasteiger partial charge in [0.15, 0.2) is 0 Å². The first kappa shape index (κ1) is 19.8. The third kappa shape index (κ3) is 4.47. The number of carbonyl (C=O) groups is 3. The first-order chi connectivity index (χ1) is 13.1. The van der Waals surface area contributed by atoms with Crippen LogP contribution >= 0.6 is 0 Å². The fourth-order valence-electron chi connectivity index (χ4n) is 3.35. The molecule has 2 heterocycles. The highest BCUT2D eigenvalue weighted by atomic mass is 16.6. The zero-order valence-electron chi connectivity index (χ0n) is 16.6. The van der Waals surface area contributed by atoms with Crippen LogP contribution in [0.15, 0.2) is 24.3 Å². The van der Waals surface area contributed by atoms with Crippen LogP contribution in [0, 0.1) is 6.92 Å². The lowest BCUT2D eigenvalue weighted by Gasteiger charge is -2.23. The molecule has 1 fully saturated rings. The molecule has 0 spiro atoms. The minimum Gasteiger partial charge on any atom is -0.459 e. The number of ether oxygens (including phenoxy) is 1. The first-order valence-corrected chi connectivity index (χ1v) is 9.34. The average molecular weight is 383 g/mol. The molecule has 3 rings (SSSR count). The maximum atomic E-state index is 12.3. The predicted octanol–water partition coefficient (Wildman–Crippen LogP) is 2.82. The Labute approximate surface area is 163 Å². The van der Waals surface area contributed by atoms with Gasteiger partial charge < -0.3 is 10.1 Å². The molecular formula is C21H25N3O4. The van der Waals surface area contributed by atoms with Gasteiger partial charge in [-0.2, -0.15) is 0 Å². The van der Waals surface area contributed by atoms with E-state index in [1.807, 2.05) is 52.0 Å². The number of aryl methyl sites for hydroxylation is 1. The van der Waals surface area contributed by atoms with Crippen LogP contribution in [-0.4, -0.2) is 34.9 Å². The van der Waals surface area contributed by atoms with Gasteiger partial charge in [0, 0.05) is 23.2 Å². The van der Waals surface area contributed by atoms with Crippen molar-refractivity contribution >= 4 is 34.4 Å². The van der Waals surface area contributed by atoms with Crippen LogP contribution in [0.4, 0.5) is 5.69 Å². The summed E-state index contributed by atoms with van der Waals surface area (Å²) in [6.07, 6.45) is 0.776. The van der Waals surface area contributed by atoms with Crippen molar-refractivity contribution in [2.45, 2.75) is 52.1 Å². The molecule has 148 valence electrons. The molecule has 1 aliphatic rings. The van der Waals surface area contributed by atoms with Crippen molar-refractivity contribution in [1.82, 2.24) is 10.3 Å². The van der Waals surface area contributed by atoms with Gasteiger partial charge in [-0.05, 0) is 57.9 Å². The second-order valence-corrected chi connectivity index (χ2v) is 7.98. The van der Waals surface area contributed by atoms with Crippen molar-refractivity contribution in [1.29, 1.82) is 0 Å². The summed E-state index contributed by atoms with van der Waals surface area (Å²) in [4.78, 5) is 40.4. The highest BCUT2D eigenvalue weighted by Crippen LogP contribution is 2.31. The van der Waals surface area contributed by atoms with Crippen LogP contribution in [0.3, 0.4) is 0 Å². The van der Waals surface area contributed by atoms with Crippen LogP contribution in [0.2, 0.25) is 0 Å². The highest BCUT2D eigenvalue weighted by molar-refractivity contribution is 6.02. The Bertz CT molecular complexity index is 947. The summed E-state index contributed by atoms with van der Waals surface area (Å²) in [5.41, 5.74) is 2.51. The predicted molar refractivity (Wildman–Crippen MR) is 106 cm³/mol. The second-order valence-electron chi connectivity index (χ2n) is 7.98. The summed E-state index contributed by atoms with van der Waals surface area (Å²) in [5, 5.41) is 6.32. The van der Waals surface area contributed by atoms with Crippen LogP contribution in [0.1, 0.15) is 50.8 Å². The number of carbonyl (C=O) groups excluding carboxylic acids is 3. The van der Waals surface area contributed by atoms with Crippen molar-refractivity contribution in [2.75, 3.05) is 11.9 Å². The quantitative estimate of drug-likeness (QED) is 0.622. The van der Waals surface area contributed by atoms with Gasteiger partial charge in [0.2, 0.25) is 11.8 Å². The van der Waals surface area contributed by atoms with E-state index in [0.717, 1.165) is 27.8 Å². The number of fused-ring (bicyclic) bond motifs is 1. The van der Waals surface area contributed by atoms with Gasteiger partial charge in [-0.1, -0.05) is 6.07 Å². The van der Waals surface area contributed by atoms with Gasteiger partial charge in [-0.15, -0.1) is 0 Å². The van der Waals surface area contributed by atoms with Gasteiger partial charge in [0.05, 0.1) is 11.4 Å². The number of hydrogen-bond acceptors (Lipinski definition) is 6. The number of rotatable bonds is 4. The van der Waals surface area contributed by atoms with Gasteiger partial charge in [0.1, 0.15) is 12.1 Å². The number of imide groups is 1. The molecule has 2 aromatic rings. The molecule has 1 aliphatic heterocycles. The first-order valence-electron chi connectivity index (χ1n) is 9.34. The molecule has 0 bridgehead atoms. The molecule has 2 amide bonds. The summed E-state index contributed by atoms with van der Waals surface area (Å²) < 4.78 is 5.33. The maximum absolute atomic E-state index is 12.3. The van der Waals surface area contributed by atoms with Gasteiger partial charge in [-0.25, -0.2) is 0 Å². The third-order valence-electron chi connectivity index (χ3n) is 4.55. The van der Waals surface area contributed by atoms with E-state index in [2.05, 4.69) is 15.6 Å². The molecule has 1 aromatic heterocycles. The molecule has 2 N–H and O–H groups in total. The Morgan fingerprint density at radius 3 is 2.75 bits per heavy atom. The van der Waals surface area contributed by atoms with E-state index in [1.54, 1.807) is 0 Å². The summed E-state index contributed by atoms with van der Waals surface area (Å²) >= 11 is 0. The zero-order chi connectivity index (χ0) is 20.5. The van der Waals surface area contributed by atoms with Crippen molar-refractivity contribution < 1.29 is 19.1 Å². The summed E-state index contributed by atoms with van der Waals surface area (Å²) in [7, 11) is 0. The van der Waals surface area contributed by atoms with E-state index in [-0.39, 0.29) is 24.3 Å². The lowest BCUT2D eigenvalue weighted by Crippen LogP contribution is -2.39. The Morgan fingerprint density at radius 1 is 1.32 bits per heavy atom. The number of anilines is 1. The molecule has 0 radical (unpaired) electrons. The number of amides is 2. The zero-order valence-corrected chi connectivity index (χ0v) is 16.6.